The molecule has 1 aliphatic rings. The van der Waals surface area contributed by atoms with Gasteiger partial charge in [0.2, 0.25) is 0 Å². The smallest absolute Gasteiger partial charge is 0.337 e. The molecule has 1 aliphatic heterocycles. The Morgan fingerprint density at radius 1 is 1.61 bits per heavy atom. The second kappa shape index (κ2) is 5.07. The number of hydrogen-bond donors (Lipinski definition) is 1. The van der Waals surface area contributed by atoms with Crippen molar-refractivity contribution in [3.8, 4) is 6.07 Å². The van der Waals surface area contributed by atoms with Crippen molar-refractivity contribution >= 4 is 11.7 Å². The van der Waals surface area contributed by atoms with Crippen LogP contribution in [0.2, 0.25) is 0 Å². The van der Waals surface area contributed by atoms with Crippen LogP contribution in [-0.4, -0.2) is 36.9 Å². The summed E-state index contributed by atoms with van der Waals surface area (Å²) in [6.45, 7) is 3.75. The van der Waals surface area contributed by atoms with Crippen molar-refractivity contribution in [2.24, 2.45) is 0 Å². The molecule has 5 heteroatoms. The third-order valence-corrected chi connectivity index (χ3v) is 3.03. The molecule has 1 aromatic rings. The van der Waals surface area contributed by atoms with E-state index < -0.39 is 5.97 Å². The van der Waals surface area contributed by atoms with Crippen LogP contribution < -0.4 is 4.90 Å². The first-order valence-electron chi connectivity index (χ1n) is 5.75. The number of carboxylic acid groups (broad SMARTS) is 1. The summed E-state index contributed by atoms with van der Waals surface area (Å²) in [5.74, 6) is -0.979. The molecular formula is C13H14N2O3. The summed E-state index contributed by atoms with van der Waals surface area (Å²) < 4.78 is 5.34. The van der Waals surface area contributed by atoms with Gasteiger partial charge in [-0.2, -0.15) is 5.26 Å². The van der Waals surface area contributed by atoms with Crippen molar-refractivity contribution in [1.82, 2.24) is 0 Å². The standard InChI is InChI=1S/C13H14N2O3/c1-9-8-18-5-4-15(9)12-6-10(7-14)2-3-11(12)13(16)17/h2-3,6,9H,4-5,8H2,1H3,(H,16,17). The van der Waals surface area contributed by atoms with Gasteiger partial charge in [-0.05, 0) is 25.1 Å². The Morgan fingerprint density at radius 2 is 2.39 bits per heavy atom. The molecule has 0 saturated carbocycles. The first-order valence-corrected chi connectivity index (χ1v) is 5.75. The number of hydrogen-bond acceptors (Lipinski definition) is 4. The maximum Gasteiger partial charge on any atom is 0.337 e. The Kier molecular flexibility index (Phi) is 3.49. The topological polar surface area (TPSA) is 73.6 Å². The summed E-state index contributed by atoms with van der Waals surface area (Å²) in [7, 11) is 0. The first-order chi connectivity index (χ1) is 8.63. The van der Waals surface area contributed by atoms with Crippen LogP contribution in [0.1, 0.15) is 22.8 Å². The molecule has 5 nitrogen and oxygen atoms in total. The van der Waals surface area contributed by atoms with Crippen LogP contribution in [0.25, 0.3) is 0 Å². The number of rotatable bonds is 2. The van der Waals surface area contributed by atoms with Crippen LogP contribution in [0.3, 0.4) is 0 Å². The predicted octanol–water partition coefficient (Wildman–Crippen LogP) is 1.48. The maximum atomic E-state index is 11.2. The number of nitrogens with zero attached hydrogens (tertiary/aromatic N) is 2. The number of carbonyl (C=O) groups is 1. The fourth-order valence-corrected chi connectivity index (χ4v) is 2.10. The van der Waals surface area contributed by atoms with Crippen molar-refractivity contribution in [3.05, 3.63) is 29.3 Å². The third-order valence-electron chi connectivity index (χ3n) is 3.03. The predicted molar refractivity (Wildman–Crippen MR) is 65.7 cm³/mol. The minimum Gasteiger partial charge on any atom is -0.478 e. The molecule has 0 radical (unpaired) electrons. The summed E-state index contributed by atoms with van der Waals surface area (Å²) in [5, 5.41) is 18.1. The minimum atomic E-state index is -0.979. The van der Waals surface area contributed by atoms with E-state index in [1.807, 2.05) is 17.9 Å². The van der Waals surface area contributed by atoms with Crippen molar-refractivity contribution in [1.29, 1.82) is 5.26 Å². The number of anilines is 1. The van der Waals surface area contributed by atoms with Gasteiger partial charge >= 0.3 is 5.97 Å². The number of morpholine rings is 1. The fraction of sp³-hybridized carbons (Fsp3) is 0.385. The van der Waals surface area contributed by atoms with Gasteiger partial charge in [0.15, 0.2) is 0 Å². The second-order valence-corrected chi connectivity index (χ2v) is 4.27. The fourth-order valence-electron chi connectivity index (χ4n) is 2.10. The lowest BCUT2D eigenvalue weighted by Crippen LogP contribution is -2.44. The highest BCUT2D eigenvalue weighted by Crippen LogP contribution is 2.25. The van der Waals surface area contributed by atoms with E-state index in [0.29, 0.717) is 31.0 Å². The lowest BCUT2D eigenvalue weighted by Gasteiger charge is -2.36. The van der Waals surface area contributed by atoms with E-state index in [-0.39, 0.29) is 11.6 Å². The summed E-state index contributed by atoms with van der Waals surface area (Å²) in [6, 6.07) is 6.78. The van der Waals surface area contributed by atoms with Crippen LogP contribution in [0.15, 0.2) is 18.2 Å². The molecular weight excluding hydrogens is 232 g/mol. The highest BCUT2D eigenvalue weighted by molar-refractivity contribution is 5.95. The first kappa shape index (κ1) is 12.4. The minimum absolute atomic E-state index is 0.103. The average molecular weight is 246 g/mol. The highest BCUT2D eigenvalue weighted by Gasteiger charge is 2.23. The Morgan fingerprint density at radius 3 is 3.00 bits per heavy atom. The lowest BCUT2D eigenvalue weighted by molar-refractivity contribution is 0.0695. The molecule has 18 heavy (non-hydrogen) atoms. The van der Waals surface area contributed by atoms with Crippen molar-refractivity contribution in [3.63, 3.8) is 0 Å². The second-order valence-electron chi connectivity index (χ2n) is 4.27. The molecule has 1 heterocycles. The SMILES string of the molecule is CC1COCCN1c1cc(C#N)ccc1C(=O)O. The van der Waals surface area contributed by atoms with Gasteiger partial charge in [-0.3, -0.25) is 0 Å². The largest absolute Gasteiger partial charge is 0.478 e. The maximum absolute atomic E-state index is 11.2. The van der Waals surface area contributed by atoms with Crippen LogP contribution >= 0.6 is 0 Å². The van der Waals surface area contributed by atoms with Gasteiger partial charge in [0.1, 0.15) is 0 Å². The van der Waals surface area contributed by atoms with Gasteiger partial charge in [0.25, 0.3) is 0 Å². The van der Waals surface area contributed by atoms with Crippen molar-refractivity contribution < 1.29 is 14.6 Å². The molecule has 94 valence electrons. The van der Waals surface area contributed by atoms with E-state index in [1.165, 1.54) is 12.1 Å². The van der Waals surface area contributed by atoms with Crippen molar-refractivity contribution in [2.75, 3.05) is 24.7 Å². The van der Waals surface area contributed by atoms with Crippen LogP contribution in [0, 0.1) is 11.3 Å². The van der Waals surface area contributed by atoms with E-state index in [2.05, 4.69) is 0 Å². The Hall–Kier alpha value is -2.06. The molecule has 1 N–H and O–H groups in total. The lowest BCUT2D eigenvalue weighted by atomic mass is 10.1. The van der Waals surface area contributed by atoms with Crippen LogP contribution in [0.5, 0.6) is 0 Å². The van der Waals surface area contributed by atoms with Gasteiger partial charge in [-0.25, -0.2) is 4.79 Å². The molecule has 0 aliphatic carbocycles. The average Bonchev–Trinajstić information content (AvgIpc) is 2.38. The van der Waals surface area contributed by atoms with Crippen LogP contribution in [-0.2, 0) is 4.74 Å². The Balaban J connectivity index is 2.46. The zero-order chi connectivity index (χ0) is 13.1. The summed E-state index contributed by atoms with van der Waals surface area (Å²) in [4.78, 5) is 13.2. The molecule has 0 aromatic heterocycles. The highest BCUT2D eigenvalue weighted by atomic mass is 16.5. The molecule has 1 aromatic carbocycles. The zero-order valence-corrected chi connectivity index (χ0v) is 10.1. The Labute approximate surface area is 105 Å². The van der Waals surface area contributed by atoms with E-state index in [9.17, 15) is 9.90 Å². The molecule has 1 unspecified atom stereocenters. The molecule has 0 spiro atoms. The summed E-state index contributed by atoms with van der Waals surface area (Å²) in [6.07, 6.45) is 0. The van der Waals surface area contributed by atoms with E-state index in [4.69, 9.17) is 10.00 Å². The molecule has 1 saturated heterocycles. The normalized spacial score (nSPS) is 19.3. The van der Waals surface area contributed by atoms with Crippen LogP contribution in [0.4, 0.5) is 5.69 Å². The third kappa shape index (κ3) is 2.29. The Bertz CT molecular complexity index is 507. The van der Waals surface area contributed by atoms with E-state index in [1.54, 1.807) is 6.07 Å². The molecule has 2 rings (SSSR count). The monoisotopic (exact) mass is 246 g/mol. The zero-order valence-electron chi connectivity index (χ0n) is 10.1. The quantitative estimate of drug-likeness (QED) is 0.855. The number of aromatic carboxylic acids is 1. The van der Waals surface area contributed by atoms with Crippen molar-refractivity contribution in [2.45, 2.75) is 13.0 Å². The molecule has 0 bridgehead atoms. The van der Waals surface area contributed by atoms with Gasteiger partial charge in [0.05, 0.1) is 36.1 Å². The van der Waals surface area contributed by atoms with E-state index >= 15 is 0 Å². The summed E-state index contributed by atoms with van der Waals surface area (Å²) >= 11 is 0. The molecule has 0 amide bonds. The number of carboxylic acids is 1. The number of ether oxygens (including phenoxy) is 1. The number of benzene rings is 1. The van der Waals surface area contributed by atoms with Gasteiger partial charge in [-0.15, -0.1) is 0 Å². The van der Waals surface area contributed by atoms with E-state index in [0.717, 1.165) is 0 Å². The summed E-state index contributed by atoms with van der Waals surface area (Å²) in [5.41, 5.74) is 1.29. The van der Waals surface area contributed by atoms with Gasteiger partial charge in [-0.1, -0.05) is 0 Å². The molecule has 1 atom stereocenters. The number of nitriles is 1. The molecule has 1 fully saturated rings. The van der Waals surface area contributed by atoms with Gasteiger partial charge < -0.3 is 14.7 Å². The van der Waals surface area contributed by atoms with Gasteiger partial charge in [0, 0.05) is 12.6 Å².